The van der Waals surface area contributed by atoms with E-state index in [1.807, 2.05) is 30.3 Å². The zero-order chi connectivity index (χ0) is 20.3. The highest BCUT2D eigenvalue weighted by atomic mass is 127. The summed E-state index contributed by atoms with van der Waals surface area (Å²) in [7, 11) is 1.79. The number of hydrogen-bond donors (Lipinski definition) is 2. The van der Waals surface area contributed by atoms with Crippen molar-refractivity contribution >= 4 is 29.9 Å². The number of aromatic nitrogens is 1. The monoisotopic (exact) mass is 526 g/mol. The zero-order valence-corrected chi connectivity index (χ0v) is 20.5. The fraction of sp³-hybridized carbons (Fsp3) is 0.545. The molecule has 1 aromatic carbocycles. The van der Waals surface area contributed by atoms with Gasteiger partial charge in [-0.25, -0.2) is 4.98 Å². The van der Waals surface area contributed by atoms with E-state index in [0.717, 1.165) is 30.2 Å². The van der Waals surface area contributed by atoms with Crippen LogP contribution in [-0.4, -0.2) is 73.6 Å². The fourth-order valence-electron chi connectivity index (χ4n) is 3.49. The van der Waals surface area contributed by atoms with Crippen molar-refractivity contribution in [3.05, 3.63) is 42.3 Å². The van der Waals surface area contributed by atoms with Crippen molar-refractivity contribution in [1.82, 2.24) is 25.4 Å². The maximum absolute atomic E-state index is 5.58. The highest BCUT2D eigenvalue weighted by Gasteiger charge is 2.14. The largest absolute Gasteiger partial charge is 0.444 e. The second-order valence-corrected chi connectivity index (χ2v) is 7.35. The number of halogens is 1. The van der Waals surface area contributed by atoms with Crippen LogP contribution in [0.15, 0.2) is 46.0 Å². The lowest BCUT2D eigenvalue weighted by atomic mass is 10.2. The van der Waals surface area contributed by atoms with Gasteiger partial charge in [0.05, 0.1) is 12.2 Å². The first-order valence-electron chi connectivity index (χ1n) is 10.7. The number of piperazine rings is 1. The van der Waals surface area contributed by atoms with E-state index in [2.05, 4.69) is 37.3 Å². The smallest absolute Gasteiger partial charge is 0.226 e. The van der Waals surface area contributed by atoms with Crippen LogP contribution in [0.25, 0.3) is 11.5 Å². The number of benzene rings is 1. The lowest BCUT2D eigenvalue weighted by Crippen LogP contribution is -2.46. The van der Waals surface area contributed by atoms with Crippen molar-refractivity contribution in [3.8, 4) is 11.5 Å². The molecule has 166 valence electrons. The molecule has 1 aliphatic rings. The Morgan fingerprint density at radius 2 is 1.80 bits per heavy atom. The molecule has 8 heteroatoms. The maximum Gasteiger partial charge on any atom is 0.226 e. The van der Waals surface area contributed by atoms with Crippen molar-refractivity contribution in [2.75, 3.05) is 52.9 Å². The topological polar surface area (TPSA) is 68.9 Å². The van der Waals surface area contributed by atoms with Gasteiger partial charge in [0.25, 0.3) is 0 Å². The number of unbranched alkanes of at least 4 members (excludes halogenated alkanes) is 1. The summed E-state index contributed by atoms with van der Waals surface area (Å²) in [5.41, 5.74) is 1.84. The Labute approximate surface area is 197 Å². The van der Waals surface area contributed by atoms with Gasteiger partial charge in [0, 0.05) is 45.3 Å². The first kappa shape index (κ1) is 24.6. The second kappa shape index (κ2) is 13.6. The van der Waals surface area contributed by atoms with Gasteiger partial charge in [-0.2, -0.15) is 0 Å². The van der Waals surface area contributed by atoms with E-state index >= 15 is 0 Å². The first-order valence-corrected chi connectivity index (χ1v) is 10.7. The quantitative estimate of drug-likeness (QED) is 0.227. The molecule has 3 rings (SSSR count). The number of rotatable bonds is 9. The van der Waals surface area contributed by atoms with Crippen LogP contribution >= 0.6 is 24.0 Å². The van der Waals surface area contributed by atoms with Crippen molar-refractivity contribution in [1.29, 1.82) is 0 Å². The number of guanidine groups is 1. The van der Waals surface area contributed by atoms with Gasteiger partial charge in [0.15, 0.2) is 5.96 Å². The minimum atomic E-state index is 0. The minimum absolute atomic E-state index is 0. The zero-order valence-electron chi connectivity index (χ0n) is 18.1. The minimum Gasteiger partial charge on any atom is -0.444 e. The van der Waals surface area contributed by atoms with E-state index in [1.54, 1.807) is 13.3 Å². The van der Waals surface area contributed by atoms with Gasteiger partial charge in [-0.1, -0.05) is 25.1 Å². The number of aliphatic imine (C=N–C) groups is 1. The van der Waals surface area contributed by atoms with Crippen LogP contribution in [0.1, 0.15) is 25.5 Å². The van der Waals surface area contributed by atoms with Crippen LogP contribution in [0, 0.1) is 0 Å². The summed E-state index contributed by atoms with van der Waals surface area (Å²) in [6.07, 6.45) is 4.04. The third-order valence-corrected chi connectivity index (χ3v) is 5.34. The average Bonchev–Trinajstić information content (AvgIpc) is 3.26. The number of nitrogens with zero attached hydrogens (tertiary/aromatic N) is 4. The van der Waals surface area contributed by atoms with Gasteiger partial charge in [-0.3, -0.25) is 4.99 Å². The van der Waals surface area contributed by atoms with Gasteiger partial charge < -0.3 is 24.9 Å². The molecule has 1 aliphatic heterocycles. The normalized spacial score (nSPS) is 15.6. The van der Waals surface area contributed by atoms with E-state index < -0.39 is 0 Å². The molecule has 0 saturated carbocycles. The molecular weight excluding hydrogens is 491 g/mol. The van der Waals surface area contributed by atoms with Crippen molar-refractivity contribution in [2.45, 2.75) is 26.3 Å². The molecule has 7 nitrogen and oxygen atoms in total. The molecule has 2 heterocycles. The molecule has 1 fully saturated rings. The van der Waals surface area contributed by atoms with Gasteiger partial charge >= 0.3 is 0 Å². The molecule has 0 spiro atoms. The Morgan fingerprint density at radius 3 is 2.50 bits per heavy atom. The molecule has 1 saturated heterocycles. The third kappa shape index (κ3) is 7.88. The summed E-state index contributed by atoms with van der Waals surface area (Å²) in [5, 5.41) is 6.69. The van der Waals surface area contributed by atoms with E-state index in [-0.39, 0.29) is 24.0 Å². The lowest BCUT2D eigenvalue weighted by Gasteiger charge is -2.34. The molecule has 2 aromatic rings. The van der Waals surface area contributed by atoms with E-state index in [1.165, 1.54) is 45.7 Å². The SMILES string of the molecule is CCN1CCN(CCCCNC(=NC)NCc2coc(-c3ccccc3)n2)CC1.I. The van der Waals surface area contributed by atoms with E-state index in [9.17, 15) is 0 Å². The summed E-state index contributed by atoms with van der Waals surface area (Å²) in [5.74, 6) is 1.44. The molecule has 0 atom stereocenters. The number of likely N-dealkylation sites (N-methyl/N-ethyl adjacent to an activating group) is 1. The predicted molar refractivity (Wildman–Crippen MR) is 133 cm³/mol. The average molecular weight is 526 g/mol. The molecule has 1 aromatic heterocycles. The number of hydrogen-bond acceptors (Lipinski definition) is 5. The van der Waals surface area contributed by atoms with Crippen molar-refractivity contribution < 1.29 is 4.42 Å². The highest BCUT2D eigenvalue weighted by molar-refractivity contribution is 14.0. The maximum atomic E-state index is 5.58. The van der Waals surface area contributed by atoms with Crippen molar-refractivity contribution in [2.24, 2.45) is 4.99 Å². The lowest BCUT2D eigenvalue weighted by molar-refractivity contribution is 0.136. The summed E-state index contributed by atoms with van der Waals surface area (Å²) in [6.45, 7) is 10.9. The summed E-state index contributed by atoms with van der Waals surface area (Å²) in [6, 6.07) is 9.93. The predicted octanol–water partition coefficient (Wildman–Crippen LogP) is 3.04. The van der Waals surface area contributed by atoms with Gasteiger partial charge in [0.2, 0.25) is 5.89 Å². The van der Waals surface area contributed by atoms with Crippen LogP contribution in [0.4, 0.5) is 0 Å². The number of nitrogens with one attached hydrogen (secondary N) is 2. The van der Waals surface area contributed by atoms with Crippen LogP contribution < -0.4 is 10.6 Å². The number of oxazole rings is 1. The molecular formula is C22H35IN6O. The second-order valence-electron chi connectivity index (χ2n) is 7.35. The fourth-order valence-corrected chi connectivity index (χ4v) is 3.49. The third-order valence-electron chi connectivity index (χ3n) is 5.34. The Kier molecular flexibility index (Phi) is 11.2. The van der Waals surface area contributed by atoms with Gasteiger partial charge in [-0.05, 0) is 38.1 Å². The molecule has 0 aliphatic carbocycles. The highest BCUT2D eigenvalue weighted by Crippen LogP contribution is 2.17. The van der Waals surface area contributed by atoms with E-state index in [4.69, 9.17) is 4.42 Å². The standard InChI is InChI=1S/C22H34N6O.HI/c1-3-27-13-15-28(16-14-27)12-8-7-11-24-22(23-2)25-17-20-18-29-21(26-20)19-9-5-4-6-10-19;/h4-6,9-10,18H,3,7-8,11-17H2,1-2H3,(H2,23,24,25);1H. The summed E-state index contributed by atoms with van der Waals surface area (Å²) < 4.78 is 5.58. The van der Waals surface area contributed by atoms with Gasteiger partial charge in [0.1, 0.15) is 6.26 Å². The van der Waals surface area contributed by atoms with E-state index in [0.29, 0.717) is 12.4 Å². The molecule has 0 bridgehead atoms. The molecule has 0 radical (unpaired) electrons. The van der Waals surface area contributed by atoms with Crippen molar-refractivity contribution in [3.63, 3.8) is 0 Å². The van der Waals surface area contributed by atoms with Crippen LogP contribution in [0.3, 0.4) is 0 Å². The Morgan fingerprint density at radius 1 is 1.07 bits per heavy atom. The Balaban J connectivity index is 0.00000320. The Hall–Kier alpha value is -1.65. The first-order chi connectivity index (χ1) is 14.3. The summed E-state index contributed by atoms with van der Waals surface area (Å²) >= 11 is 0. The Bertz CT molecular complexity index is 743. The molecule has 2 N–H and O–H groups in total. The van der Waals surface area contributed by atoms with Crippen LogP contribution in [0.5, 0.6) is 0 Å². The molecule has 30 heavy (non-hydrogen) atoms. The molecule has 0 unspecified atom stereocenters. The summed E-state index contributed by atoms with van der Waals surface area (Å²) in [4.78, 5) is 13.9. The van der Waals surface area contributed by atoms with Crippen LogP contribution in [0.2, 0.25) is 0 Å². The van der Waals surface area contributed by atoms with Gasteiger partial charge in [-0.15, -0.1) is 24.0 Å². The van der Waals surface area contributed by atoms with Crippen LogP contribution in [-0.2, 0) is 6.54 Å². The molecule has 0 amide bonds.